The summed E-state index contributed by atoms with van der Waals surface area (Å²) in [4.78, 5) is 37.6. The fourth-order valence-electron chi connectivity index (χ4n) is 12.3. The van der Waals surface area contributed by atoms with Gasteiger partial charge in [0, 0.05) is 12.8 Å². The van der Waals surface area contributed by atoms with Crippen LogP contribution in [0.25, 0.3) is 0 Å². The molecule has 546 valence electrons. The first-order valence-corrected chi connectivity index (χ1v) is 40.8. The second kappa shape index (κ2) is 75.0. The third-order valence-electron chi connectivity index (χ3n) is 18.5. The van der Waals surface area contributed by atoms with Crippen molar-refractivity contribution in [2.24, 2.45) is 0 Å². The molecule has 0 radical (unpaired) electrons. The summed E-state index contributed by atoms with van der Waals surface area (Å²) in [5.74, 6) is -2.25. The standard InChI is InChI=1S/C84H157NO8/c1-6-8-10-12-14-16-18-20-22-24-26-28-30-32-34-36-37-38-39-40-41-42-43-44-45-47-49-51-53-55-57-59-61-63-65-67-69-71-73-75-82(87)93-80(79-92-84(83(88)89)90-77-76-85(3,4)5)78-91-81(86)74-72-70-68-66-64-62-60-58-56-54-52-50-48-46-35-33-31-29-27-25-23-21-19-17-15-13-11-9-7-2/h18-21,24-27,80,84H,6-17,22-23,28-79H2,1-5H3/b20-18-,21-19-,26-24-,27-25-. The molecule has 9 heteroatoms. The molecule has 93 heavy (non-hydrogen) atoms. The second-order valence-corrected chi connectivity index (χ2v) is 29.1. The number of carbonyl (C=O) groups excluding carboxylic acids is 3. The van der Waals surface area contributed by atoms with Gasteiger partial charge in [-0.3, -0.25) is 9.59 Å². The number of ether oxygens (including phenoxy) is 4. The Hall–Kier alpha value is -2.75. The SMILES string of the molecule is CCCCCCC/C=C\C/C=C\CCCCCCCCCCCCCCCCCCCCCCCCCCCCCC(=O)OC(COC(=O)CCCCCCCCCCCCCCCCCCC/C=C\C/C=C\CCCCCCC)COC(OCC[N+](C)(C)C)C(=O)[O-]. The molecule has 0 amide bonds. The maximum absolute atomic E-state index is 13.0. The molecular weight excluding hydrogens is 1150 g/mol. The van der Waals surface area contributed by atoms with Gasteiger partial charge in [-0.05, 0) is 77.0 Å². The van der Waals surface area contributed by atoms with Gasteiger partial charge >= 0.3 is 11.9 Å². The largest absolute Gasteiger partial charge is 0.545 e. The van der Waals surface area contributed by atoms with Crippen LogP contribution in [0.15, 0.2) is 48.6 Å². The van der Waals surface area contributed by atoms with Gasteiger partial charge in [0.25, 0.3) is 0 Å². The number of carboxylic acid groups (broad SMARTS) is 1. The summed E-state index contributed by atoms with van der Waals surface area (Å²) in [5.41, 5.74) is 0. The van der Waals surface area contributed by atoms with E-state index in [0.717, 1.165) is 51.4 Å². The zero-order chi connectivity index (χ0) is 67.5. The van der Waals surface area contributed by atoms with E-state index in [9.17, 15) is 19.5 Å². The summed E-state index contributed by atoms with van der Waals surface area (Å²) < 4.78 is 22.9. The number of rotatable bonds is 77. The Morgan fingerprint density at radius 1 is 0.323 bits per heavy atom. The summed E-state index contributed by atoms with van der Waals surface area (Å²) in [6.07, 6.45) is 95.3. The molecule has 0 aliphatic heterocycles. The third kappa shape index (κ3) is 76.5. The van der Waals surface area contributed by atoms with Crippen LogP contribution in [0, 0.1) is 0 Å². The number of hydrogen-bond donors (Lipinski definition) is 0. The molecule has 0 fully saturated rings. The molecule has 0 heterocycles. The molecule has 0 aliphatic carbocycles. The van der Waals surface area contributed by atoms with Gasteiger partial charge in [0.05, 0.1) is 40.3 Å². The number of esters is 2. The number of nitrogens with zero attached hydrogens (tertiary/aromatic N) is 1. The Morgan fingerprint density at radius 3 is 0.849 bits per heavy atom. The highest BCUT2D eigenvalue weighted by Crippen LogP contribution is 2.20. The summed E-state index contributed by atoms with van der Waals surface area (Å²) in [6, 6.07) is 0. The molecule has 0 saturated carbocycles. The molecule has 0 rings (SSSR count). The van der Waals surface area contributed by atoms with Crippen LogP contribution in [0.3, 0.4) is 0 Å². The maximum atomic E-state index is 13.0. The molecule has 9 nitrogen and oxygen atoms in total. The minimum absolute atomic E-state index is 0.150. The molecule has 0 aliphatic rings. The van der Waals surface area contributed by atoms with Crippen LogP contribution < -0.4 is 5.11 Å². The highest BCUT2D eigenvalue weighted by atomic mass is 16.7. The van der Waals surface area contributed by atoms with E-state index < -0.39 is 24.3 Å². The molecule has 0 spiro atoms. The number of unbranched alkanes of at least 4 members (excludes halogenated alkanes) is 54. The normalized spacial score (nSPS) is 12.8. The van der Waals surface area contributed by atoms with Crippen molar-refractivity contribution in [2.45, 2.75) is 424 Å². The van der Waals surface area contributed by atoms with Gasteiger partial charge in [0.15, 0.2) is 12.4 Å². The fraction of sp³-hybridized carbons (Fsp3) is 0.869. The Morgan fingerprint density at radius 2 is 0.581 bits per heavy atom. The number of aliphatic carboxylic acids is 1. The molecular formula is C84H157NO8. The van der Waals surface area contributed by atoms with Crippen LogP contribution in [-0.4, -0.2) is 82.3 Å². The Balaban J connectivity index is 3.95. The lowest BCUT2D eigenvalue weighted by atomic mass is 10.0. The average molecular weight is 1310 g/mol. The van der Waals surface area contributed by atoms with Gasteiger partial charge in [0.1, 0.15) is 13.2 Å². The smallest absolute Gasteiger partial charge is 0.306 e. The minimum atomic E-state index is -1.62. The molecule has 0 bridgehead atoms. The zero-order valence-corrected chi connectivity index (χ0v) is 62.7. The molecule has 0 N–H and O–H groups in total. The number of quaternary nitrogens is 1. The molecule has 0 saturated heterocycles. The summed E-state index contributed by atoms with van der Waals surface area (Å²) in [5, 5.41) is 11.9. The van der Waals surface area contributed by atoms with E-state index in [4.69, 9.17) is 18.9 Å². The summed E-state index contributed by atoms with van der Waals surface area (Å²) in [7, 11) is 5.95. The van der Waals surface area contributed by atoms with Crippen molar-refractivity contribution in [1.29, 1.82) is 0 Å². The highest BCUT2D eigenvalue weighted by molar-refractivity contribution is 5.70. The van der Waals surface area contributed by atoms with Crippen molar-refractivity contribution in [3.8, 4) is 0 Å². The number of allylic oxidation sites excluding steroid dienone is 8. The lowest BCUT2D eigenvalue weighted by Gasteiger charge is -2.26. The van der Waals surface area contributed by atoms with Crippen molar-refractivity contribution < 1.29 is 42.9 Å². The van der Waals surface area contributed by atoms with E-state index in [0.29, 0.717) is 17.4 Å². The average Bonchev–Trinajstić information content (AvgIpc) is 3.38. The van der Waals surface area contributed by atoms with E-state index in [2.05, 4.69) is 62.5 Å². The molecule has 2 atom stereocenters. The van der Waals surface area contributed by atoms with Gasteiger partial charge in [0.2, 0.25) is 0 Å². The van der Waals surface area contributed by atoms with Crippen LogP contribution >= 0.6 is 0 Å². The Bertz CT molecular complexity index is 1670. The highest BCUT2D eigenvalue weighted by Gasteiger charge is 2.22. The topological polar surface area (TPSA) is 111 Å². The Labute approximate surface area is 578 Å². The van der Waals surface area contributed by atoms with E-state index >= 15 is 0 Å². The first kappa shape index (κ1) is 90.2. The van der Waals surface area contributed by atoms with Gasteiger partial charge in [-0.15, -0.1) is 0 Å². The van der Waals surface area contributed by atoms with E-state index in [-0.39, 0.29) is 32.2 Å². The third-order valence-corrected chi connectivity index (χ3v) is 18.5. The van der Waals surface area contributed by atoms with Crippen molar-refractivity contribution >= 4 is 17.9 Å². The second-order valence-electron chi connectivity index (χ2n) is 29.1. The van der Waals surface area contributed by atoms with Gasteiger partial charge in [-0.2, -0.15) is 0 Å². The molecule has 0 aromatic rings. The monoisotopic (exact) mass is 1310 g/mol. The van der Waals surface area contributed by atoms with Crippen molar-refractivity contribution in [3.63, 3.8) is 0 Å². The number of likely N-dealkylation sites (N-methyl/N-ethyl adjacent to an activating group) is 1. The summed E-state index contributed by atoms with van der Waals surface area (Å²) >= 11 is 0. The van der Waals surface area contributed by atoms with Crippen LogP contribution in [0.2, 0.25) is 0 Å². The number of carboxylic acids is 1. The van der Waals surface area contributed by atoms with Gasteiger partial charge in [-0.25, -0.2) is 0 Å². The molecule has 0 aromatic heterocycles. The number of hydrogen-bond acceptors (Lipinski definition) is 8. The first-order chi connectivity index (χ1) is 45.6. The first-order valence-electron chi connectivity index (χ1n) is 40.8. The van der Waals surface area contributed by atoms with E-state index in [1.165, 1.54) is 334 Å². The lowest BCUT2D eigenvalue weighted by Crippen LogP contribution is -2.44. The van der Waals surface area contributed by atoms with Gasteiger partial charge < -0.3 is 33.3 Å². The molecule has 0 aromatic carbocycles. The fourth-order valence-corrected chi connectivity index (χ4v) is 12.3. The van der Waals surface area contributed by atoms with E-state index in [1.54, 1.807) is 0 Å². The van der Waals surface area contributed by atoms with Crippen LogP contribution in [0.5, 0.6) is 0 Å². The van der Waals surface area contributed by atoms with Gasteiger partial charge in [-0.1, -0.05) is 371 Å². The number of carbonyl (C=O) groups is 3. The zero-order valence-electron chi connectivity index (χ0n) is 62.7. The summed E-state index contributed by atoms with van der Waals surface area (Å²) in [6.45, 7) is 4.80. The van der Waals surface area contributed by atoms with Crippen molar-refractivity contribution in [2.75, 3.05) is 47.5 Å². The quantitative estimate of drug-likeness (QED) is 0.0195. The lowest BCUT2D eigenvalue weighted by molar-refractivity contribution is -0.870. The Kier molecular flexibility index (Phi) is 72.8. The van der Waals surface area contributed by atoms with Crippen molar-refractivity contribution in [1.82, 2.24) is 0 Å². The minimum Gasteiger partial charge on any atom is -0.545 e. The maximum Gasteiger partial charge on any atom is 0.306 e. The predicted octanol–water partition coefficient (Wildman–Crippen LogP) is 24.7. The van der Waals surface area contributed by atoms with Crippen LogP contribution in [0.4, 0.5) is 0 Å². The predicted molar refractivity (Wildman–Crippen MR) is 399 cm³/mol. The van der Waals surface area contributed by atoms with E-state index in [1.807, 2.05) is 21.1 Å². The van der Waals surface area contributed by atoms with Crippen LogP contribution in [-0.2, 0) is 33.3 Å². The molecule has 2 unspecified atom stereocenters. The van der Waals surface area contributed by atoms with Crippen LogP contribution in [0.1, 0.15) is 412 Å². The van der Waals surface area contributed by atoms with Crippen molar-refractivity contribution in [3.05, 3.63) is 48.6 Å².